The molecule has 0 atom stereocenters. The molecule has 0 amide bonds. The fourth-order valence-corrected chi connectivity index (χ4v) is 0.313. The molecule has 0 aliphatic carbocycles. The molecule has 0 spiro atoms. The summed E-state index contributed by atoms with van der Waals surface area (Å²) >= 11 is 0. The molecule has 58 valence electrons. The number of nitrogens with two attached hydrogens (primary N) is 1. The van der Waals surface area contributed by atoms with Gasteiger partial charge in [0.25, 0.3) is 0 Å². The van der Waals surface area contributed by atoms with Crippen LogP contribution in [0.15, 0.2) is 30.6 Å². The Morgan fingerprint density at radius 1 is 1.00 bits per heavy atom. The predicted molar refractivity (Wildman–Crippen MR) is 58.3 cm³/mol. The molecule has 2 nitrogen and oxygen atoms in total. The van der Waals surface area contributed by atoms with Crippen molar-refractivity contribution < 1.29 is 0 Å². The quantitative estimate of drug-likeness (QED) is 0.461. The Hall–Kier alpha value is 0.762. The van der Waals surface area contributed by atoms with Gasteiger partial charge in [0.15, 0.2) is 0 Å². The SMILES string of the molecule is CN.I.[PbH2].c1ccncc1. The van der Waals surface area contributed by atoms with Crippen molar-refractivity contribution in [1.82, 2.24) is 4.98 Å². The number of halogens is 1. The molecule has 10 heavy (non-hydrogen) atoms. The molecule has 4 heteroatoms. The summed E-state index contributed by atoms with van der Waals surface area (Å²) in [5.41, 5.74) is 4.50. The number of hydrogen-bond donors (Lipinski definition) is 1. The Morgan fingerprint density at radius 3 is 1.50 bits per heavy atom. The molecule has 0 bridgehead atoms. The first-order valence-electron chi connectivity index (χ1n) is 2.43. The maximum atomic E-state index is 4.50. The van der Waals surface area contributed by atoms with Gasteiger partial charge in [0, 0.05) is 12.4 Å². The summed E-state index contributed by atoms with van der Waals surface area (Å²) < 4.78 is 0. The van der Waals surface area contributed by atoms with E-state index in [4.69, 9.17) is 0 Å². The number of pyridine rings is 1. The average Bonchev–Trinajstić information content (AvgIpc) is 1.96. The van der Waals surface area contributed by atoms with Crippen molar-refractivity contribution in [2.45, 2.75) is 0 Å². The van der Waals surface area contributed by atoms with Crippen molar-refractivity contribution in [2.24, 2.45) is 5.73 Å². The topological polar surface area (TPSA) is 38.9 Å². The van der Waals surface area contributed by atoms with E-state index in [0.29, 0.717) is 0 Å². The van der Waals surface area contributed by atoms with E-state index in [1.165, 1.54) is 7.05 Å². The summed E-state index contributed by atoms with van der Waals surface area (Å²) in [4.78, 5) is 3.78. The van der Waals surface area contributed by atoms with Crippen LogP contribution in [0.25, 0.3) is 0 Å². The van der Waals surface area contributed by atoms with E-state index in [-0.39, 0.29) is 51.3 Å². The van der Waals surface area contributed by atoms with Crippen molar-refractivity contribution in [1.29, 1.82) is 0 Å². The standard InChI is InChI=1S/C5H5N.CH5N.HI.Pb.2H/c1-2-4-6-5-3-1;1-2;;;;/h1-5H;2H2,1H3;1H;;;. The summed E-state index contributed by atoms with van der Waals surface area (Å²) in [5, 5.41) is 0. The van der Waals surface area contributed by atoms with Gasteiger partial charge >= 0.3 is 27.3 Å². The Labute approximate surface area is 98.8 Å². The van der Waals surface area contributed by atoms with E-state index >= 15 is 0 Å². The zero-order valence-electron chi connectivity index (χ0n) is 6.03. The van der Waals surface area contributed by atoms with Crippen LogP contribution in [0.1, 0.15) is 0 Å². The van der Waals surface area contributed by atoms with Gasteiger partial charge in [-0.2, -0.15) is 0 Å². The first-order valence-corrected chi connectivity index (χ1v) is 2.43. The molecular weight excluding hydrogens is 434 g/mol. The Balaban J connectivity index is -0.000000114. The molecule has 2 N–H and O–H groups in total. The largest absolute Gasteiger partial charge is 0.265 e. The second kappa shape index (κ2) is 16.4. The van der Waals surface area contributed by atoms with Gasteiger partial charge < -0.3 is 5.73 Å². The van der Waals surface area contributed by atoms with Gasteiger partial charge in [-0.15, -0.1) is 24.0 Å². The molecule has 0 aliphatic rings. The summed E-state index contributed by atoms with van der Waals surface area (Å²) in [7, 11) is 1.50. The average molecular weight is 447 g/mol. The molecule has 1 aromatic rings. The smallest absolute Gasteiger partial charge is 0.0267 e. The van der Waals surface area contributed by atoms with Crippen LogP contribution in [-0.4, -0.2) is 39.3 Å². The number of hydrogen-bond acceptors (Lipinski definition) is 2. The minimum absolute atomic E-state index is 0. The second-order valence-corrected chi connectivity index (χ2v) is 1.02. The van der Waals surface area contributed by atoms with Gasteiger partial charge in [-0.3, -0.25) is 4.98 Å². The summed E-state index contributed by atoms with van der Waals surface area (Å²) in [6.07, 6.45) is 3.50. The zero-order chi connectivity index (χ0) is 6.24. The molecule has 0 saturated carbocycles. The van der Waals surface area contributed by atoms with Gasteiger partial charge in [-0.25, -0.2) is 0 Å². The number of nitrogens with zero attached hydrogens (tertiary/aromatic N) is 1. The monoisotopic (exact) mass is 448 g/mol. The normalized spacial score (nSPS) is 5.40. The van der Waals surface area contributed by atoms with Gasteiger partial charge in [0.1, 0.15) is 0 Å². The van der Waals surface area contributed by atoms with Gasteiger partial charge in [-0.1, -0.05) is 6.07 Å². The molecule has 0 unspecified atom stereocenters. The van der Waals surface area contributed by atoms with Crippen LogP contribution >= 0.6 is 24.0 Å². The third-order valence-corrected chi connectivity index (χ3v) is 0.566. The first-order chi connectivity index (χ1) is 4.00. The molecule has 0 fully saturated rings. The van der Waals surface area contributed by atoms with Gasteiger partial charge in [0.05, 0.1) is 0 Å². The molecule has 1 rings (SSSR count). The van der Waals surface area contributed by atoms with Gasteiger partial charge in [-0.05, 0) is 19.2 Å². The van der Waals surface area contributed by atoms with E-state index in [9.17, 15) is 0 Å². The third-order valence-electron chi connectivity index (χ3n) is 0.566. The van der Waals surface area contributed by atoms with E-state index in [1.807, 2.05) is 18.2 Å². The number of aromatic nitrogens is 1. The van der Waals surface area contributed by atoms with Crippen LogP contribution in [-0.2, 0) is 0 Å². The fraction of sp³-hybridized carbons (Fsp3) is 0.167. The molecule has 2 radical (unpaired) electrons. The second-order valence-electron chi connectivity index (χ2n) is 1.02. The van der Waals surface area contributed by atoms with Gasteiger partial charge in [0.2, 0.25) is 0 Å². The maximum absolute atomic E-state index is 4.50. The van der Waals surface area contributed by atoms with Crippen LogP contribution in [0.3, 0.4) is 0 Å². The van der Waals surface area contributed by atoms with E-state index < -0.39 is 0 Å². The third kappa shape index (κ3) is 11.5. The summed E-state index contributed by atoms with van der Waals surface area (Å²) in [6.45, 7) is 0. The zero-order valence-corrected chi connectivity index (χ0v) is 13.9. The van der Waals surface area contributed by atoms with Crippen molar-refractivity contribution in [3.63, 3.8) is 0 Å². The van der Waals surface area contributed by atoms with Crippen molar-refractivity contribution in [3.05, 3.63) is 30.6 Å². The predicted octanol–water partition coefficient (Wildman–Crippen LogP) is 0.358. The molecule has 1 aromatic heterocycles. The minimum Gasteiger partial charge on any atom is -0.265 e. The molecular formula is C6H13IN2Pb. The molecule has 0 aliphatic heterocycles. The fourth-order valence-electron chi connectivity index (χ4n) is 0.313. The van der Waals surface area contributed by atoms with Crippen LogP contribution in [0.2, 0.25) is 0 Å². The Kier molecular flexibility index (Phi) is 27.9. The van der Waals surface area contributed by atoms with Crippen molar-refractivity contribution >= 4 is 51.3 Å². The first kappa shape index (κ1) is 17.0. The van der Waals surface area contributed by atoms with Crippen molar-refractivity contribution in [2.75, 3.05) is 7.05 Å². The minimum atomic E-state index is 0. The molecule has 1 heterocycles. The summed E-state index contributed by atoms with van der Waals surface area (Å²) in [6, 6.07) is 5.72. The van der Waals surface area contributed by atoms with E-state index in [1.54, 1.807) is 12.4 Å². The molecule has 0 saturated heterocycles. The maximum Gasteiger partial charge on any atom is 0.0267 e. The number of rotatable bonds is 0. The Morgan fingerprint density at radius 2 is 1.40 bits per heavy atom. The van der Waals surface area contributed by atoms with E-state index in [0.717, 1.165) is 0 Å². The van der Waals surface area contributed by atoms with Crippen LogP contribution in [0, 0.1) is 0 Å². The van der Waals surface area contributed by atoms with Crippen LogP contribution < -0.4 is 5.73 Å². The van der Waals surface area contributed by atoms with Crippen LogP contribution in [0.4, 0.5) is 0 Å². The van der Waals surface area contributed by atoms with E-state index in [2.05, 4.69) is 10.7 Å². The van der Waals surface area contributed by atoms with Crippen molar-refractivity contribution in [3.8, 4) is 0 Å². The molecule has 0 aromatic carbocycles. The summed E-state index contributed by atoms with van der Waals surface area (Å²) in [5.74, 6) is 0. The Bertz CT molecular complexity index is 87.7. The van der Waals surface area contributed by atoms with Crippen LogP contribution in [0.5, 0.6) is 0 Å².